The Morgan fingerprint density at radius 2 is 1.90 bits per heavy atom. The molecule has 2 unspecified atom stereocenters. The topological polar surface area (TPSA) is 66.4 Å². The van der Waals surface area contributed by atoms with Gasteiger partial charge in [0, 0.05) is 24.2 Å². The van der Waals surface area contributed by atoms with Gasteiger partial charge in [0.15, 0.2) is 0 Å². The molecule has 0 radical (unpaired) electrons. The van der Waals surface area contributed by atoms with Crippen molar-refractivity contribution in [3.63, 3.8) is 0 Å². The highest BCUT2D eigenvalue weighted by Crippen LogP contribution is 2.34. The summed E-state index contributed by atoms with van der Waals surface area (Å²) in [5, 5.41) is 11.3. The number of aliphatic carboxylic acids is 1. The molecule has 1 aliphatic rings. The van der Waals surface area contributed by atoms with Crippen LogP contribution in [0.15, 0.2) is 42.5 Å². The molecule has 1 aliphatic carbocycles. The Bertz CT molecular complexity index is 903. The van der Waals surface area contributed by atoms with Crippen molar-refractivity contribution in [2.75, 3.05) is 0 Å². The lowest BCUT2D eigenvalue weighted by molar-refractivity contribution is -0.307. The minimum absolute atomic E-state index is 0.0917. The van der Waals surface area contributed by atoms with E-state index in [1.165, 1.54) is 31.2 Å². The fourth-order valence-corrected chi connectivity index (χ4v) is 3.65. The number of alkyl halides is 3. The van der Waals surface area contributed by atoms with Crippen molar-refractivity contribution in [1.82, 2.24) is 0 Å². The highest BCUT2D eigenvalue weighted by atomic mass is 19.4. The first kappa shape index (κ1) is 20.9. The minimum atomic E-state index is -4.78. The molecule has 0 aromatic heterocycles. The van der Waals surface area contributed by atoms with Gasteiger partial charge in [-0.2, -0.15) is 0 Å². The second-order valence-corrected chi connectivity index (χ2v) is 7.29. The first-order valence-corrected chi connectivity index (χ1v) is 9.36. The lowest BCUT2D eigenvalue weighted by Crippen LogP contribution is -2.28. The standard InChI is InChI=1S/C22H21F3O4/c1-13(21(27)28)15-5-6-16(11-17-3-2-4-20(17)26)19(12-15)14-7-9-18(10-8-14)29-22(23,24)25/h5-10,12-13,17H,2-4,11H2,1H3,(H,27,28)/p-1. The van der Waals surface area contributed by atoms with Gasteiger partial charge in [0.25, 0.3) is 0 Å². The second kappa shape index (κ2) is 8.27. The maximum atomic E-state index is 12.4. The van der Waals surface area contributed by atoms with Gasteiger partial charge in [-0.3, -0.25) is 4.79 Å². The minimum Gasteiger partial charge on any atom is -0.550 e. The molecule has 0 amide bonds. The lowest BCUT2D eigenvalue weighted by Gasteiger charge is -2.19. The fraction of sp³-hybridized carbons (Fsp3) is 0.364. The number of carbonyl (C=O) groups excluding carboxylic acids is 2. The van der Waals surface area contributed by atoms with Gasteiger partial charge in [0.05, 0.1) is 0 Å². The van der Waals surface area contributed by atoms with Crippen LogP contribution in [0.25, 0.3) is 11.1 Å². The first-order chi connectivity index (χ1) is 13.6. The molecule has 0 aliphatic heterocycles. The zero-order chi connectivity index (χ0) is 21.2. The molecule has 3 rings (SSSR count). The first-order valence-electron chi connectivity index (χ1n) is 9.36. The molecule has 154 valence electrons. The Kier molecular flexibility index (Phi) is 5.96. The van der Waals surface area contributed by atoms with Crippen molar-refractivity contribution < 1.29 is 32.6 Å². The molecule has 0 saturated heterocycles. The van der Waals surface area contributed by atoms with E-state index in [1.807, 2.05) is 0 Å². The number of hydrogen-bond acceptors (Lipinski definition) is 4. The van der Waals surface area contributed by atoms with E-state index >= 15 is 0 Å². The van der Waals surface area contributed by atoms with Crippen LogP contribution >= 0.6 is 0 Å². The van der Waals surface area contributed by atoms with Gasteiger partial charge < -0.3 is 14.6 Å². The molecular weight excluding hydrogens is 385 g/mol. The number of halogens is 3. The predicted octanol–water partition coefficient (Wildman–Crippen LogP) is 4.02. The summed E-state index contributed by atoms with van der Waals surface area (Å²) in [5.41, 5.74) is 2.68. The van der Waals surface area contributed by atoms with Crippen molar-refractivity contribution >= 4 is 11.8 Å². The molecule has 7 heteroatoms. The largest absolute Gasteiger partial charge is 0.573 e. The molecule has 1 fully saturated rings. The molecule has 2 aromatic rings. The predicted molar refractivity (Wildman–Crippen MR) is 98.0 cm³/mol. The molecule has 2 aromatic carbocycles. The average Bonchev–Trinajstić information content (AvgIpc) is 3.05. The molecule has 0 N–H and O–H groups in total. The summed E-state index contributed by atoms with van der Waals surface area (Å²) in [7, 11) is 0. The quantitative estimate of drug-likeness (QED) is 0.728. The Labute approximate surface area is 166 Å². The molecule has 2 atom stereocenters. The Morgan fingerprint density at radius 1 is 1.21 bits per heavy atom. The molecule has 0 spiro atoms. The van der Waals surface area contributed by atoms with Crippen molar-refractivity contribution in [2.24, 2.45) is 5.92 Å². The molecule has 1 saturated carbocycles. The van der Waals surface area contributed by atoms with E-state index in [-0.39, 0.29) is 17.5 Å². The van der Waals surface area contributed by atoms with Crippen LogP contribution in [0.3, 0.4) is 0 Å². The van der Waals surface area contributed by atoms with Crippen LogP contribution in [0.4, 0.5) is 13.2 Å². The number of Topliss-reactive ketones (excluding diaryl/α,β-unsaturated/α-hetero) is 1. The summed E-state index contributed by atoms with van der Waals surface area (Å²) < 4.78 is 41.1. The van der Waals surface area contributed by atoms with Crippen LogP contribution in [-0.2, 0) is 16.0 Å². The van der Waals surface area contributed by atoms with E-state index < -0.39 is 18.2 Å². The maximum absolute atomic E-state index is 12.4. The summed E-state index contributed by atoms with van der Waals surface area (Å²) in [6.07, 6.45) is -2.06. The SMILES string of the molecule is CC(C(=O)[O-])c1ccc(CC2CCCC2=O)c(-c2ccc(OC(F)(F)F)cc2)c1. The zero-order valence-corrected chi connectivity index (χ0v) is 15.8. The number of ether oxygens (including phenoxy) is 1. The molecule has 4 nitrogen and oxygen atoms in total. The fourth-order valence-electron chi connectivity index (χ4n) is 3.65. The molecule has 0 heterocycles. The Hall–Kier alpha value is -2.83. The molecular formula is C22H20F3O4-. The van der Waals surface area contributed by atoms with E-state index in [2.05, 4.69) is 4.74 Å². The zero-order valence-electron chi connectivity index (χ0n) is 15.8. The third-order valence-corrected chi connectivity index (χ3v) is 5.28. The van der Waals surface area contributed by atoms with Gasteiger partial charge in [0.1, 0.15) is 11.5 Å². The van der Waals surface area contributed by atoms with Crippen LogP contribution in [-0.4, -0.2) is 18.1 Å². The highest BCUT2D eigenvalue weighted by Gasteiger charge is 2.31. The number of rotatable bonds is 6. The summed E-state index contributed by atoms with van der Waals surface area (Å²) in [5.74, 6) is -2.29. The van der Waals surface area contributed by atoms with Crippen molar-refractivity contribution in [3.05, 3.63) is 53.6 Å². The van der Waals surface area contributed by atoms with Gasteiger partial charge in [-0.15, -0.1) is 13.2 Å². The number of benzene rings is 2. The van der Waals surface area contributed by atoms with E-state index in [1.54, 1.807) is 18.2 Å². The summed E-state index contributed by atoms with van der Waals surface area (Å²) in [4.78, 5) is 23.3. The normalized spacial score (nSPS) is 17.9. The smallest absolute Gasteiger partial charge is 0.550 e. The van der Waals surface area contributed by atoms with E-state index in [0.717, 1.165) is 18.4 Å². The maximum Gasteiger partial charge on any atom is 0.573 e. The van der Waals surface area contributed by atoms with Crippen molar-refractivity contribution in [1.29, 1.82) is 0 Å². The summed E-state index contributed by atoms with van der Waals surface area (Å²) in [6, 6.07) is 10.6. The number of hydrogen-bond donors (Lipinski definition) is 0. The average molecular weight is 405 g/mol. The van der Waals surface area contributed by atoms with Gasteiger partial charge >= 0.3 is 6.36 Å². The number of carbonyl (C=O) groups is 2. The monoisotopic (exact) mass is 405 g/mol. The van der Waals surface area contributed by atoms with E-state index in [4.69, 9.17) is 0 Å². The highest BCUT2D eigenvalue weighted by molar-refractivity contribution is 5.83. The van der Waals surface area contributed by atoms with Gasteiger partial charge in [-0.1, -0.05) is 37.3 Å². The summed E-state index contributed by atoms with van der Waals surface area (Å²) in [6.45, 7) is 1.51. The molecule has 29 heavy (non-hydrogen) atoms. The molecule has 0 bridgehead atoms. The summed E-state index contributed by atoms with van der Waals surface area (Å²) >= 11 is 0. The third kappa shape index (κ3) is 5.16. The Morgan fingerprint density at radius 3 is 2.45 bits per heavy atom. The van der Waals surface area contributed by atoms with Gasteiger partial charge in [0.2, 0.25) is 0 Å². The van der Waals surface area contributed by atoms with E-state index in [0.29, 0.717) is 29.5 Å². The third-order valence-electron chi connectivity index (χ3n) is 5.28. The number of carboxylic acid groups (broad SMARTS) is 1. The van der Waals surface area contributed by atoms with Crippen LogP contribution in [0.1, 0.15) is 43.2 Å². The Balaban J connectivity index is 1.97. The lowest BCUT2D eigenvalue weighted by atomic mass is 9.88. The van der Waals surface area contributed by atoms with Gasteiger partial charge in [-0.05, 0) is 53.6 Å². The van der Waals surface area contributed by atoms with Crippen molar-refractivity contribution in [2.45, 2.75) is 44.9 Å². The van der Waals surface area contributed by atoms with Crippen LogP contribution in [0.5, 0.6) is 5.75 Å². The van der Waals surface area contributed by atoms with Gasteiger partial charge in [-0.25, -0.2) is 0 Å². The van der Waals surface area contributed by atoms with Crippen LogP contribution < -0.4 is 9.84 Å². The van der Waals surface area contributed by atoms with Crippen LogP contribution in [0.2, 0.25) is 0 Å². The van der Waals surface area contributed by atoms with E-state index in [9.17, 15) is 27.9 Å². The van der Waals surface area contributed by atoms with Crippen LogP contribution in [0, 0.1) is 5.92 Å². The number of carboxylic acids is 1. The van der Waals surface area contributed by atoms with Crippen molar-refractivity contribution in [3.8, 4) is 16.9 Å². The second-order valence-electron chi connectivity index (χ2n) is 7.29. The number of ketones is 1.